The molecule has 2 saturated heterocycles. The number of hydrogen-bond donors (Lipinski definition) is 0. The summed E-state index contributed by atoms with van der Waals surface area (Å²) in [5.74, 6) is 0. The van der Waals surface area contributed by atoms with Crippen LogP contribution in [0.1, 0.15) is 11.3 Å². The molecule has 0 bridgehead atoms. The summed E-state index contributed by atoms with van der Waals surface area (Å²) in [5, 5.41) is 0. The van der Waals surface area contributed by atoms with E-state index in [1.165, 1.54) is 11.3 Å². The van der Waals surface area contributed by atoms with Crippen LogP contribution in [-0.4, -0.2) is 78.3 Å². The standard InChI is InChI=1S/C22H32N4O/c1-2-5-21(6-3-1)19-24-9-11-25(12-10-24)20-22-7-4-8-26(22)14-13-23-15-17-27-18-16-23/h1-8H,9-20H2. The van der Waals surface area contributed by atoms with Crippen molar-refractivity contribution in [3.05, 3.63) is 59.9 Å². The lowest BCUT2D eigenvalue weighted by Gasteiger charge is -2.35. The first-order valence-electron chi connectivity index (χ1n) is 10.3. The molecule has 3 heterocycles. The summed E-state index contributed by atoms with van der Waals surface area (Å²) in [6.45, 7) is 12.9. The first kappa shape index (κ1) is 18.7. The molecule has 0 unspecified atom stereocenters. The smallest absolute Gasteiger partial charge is 0.0594 e. The first-order chi connectivity index (χ1) is 13.4. The molecule has 27 heavy (non-hydrogen) atoms. The molecule has 5 nitrogen and oxygen atoms in total. The van der Waals surface area contributed by atoms with Crippen LogP contribution in [0.5, 0.6) is 0 Å². The van der Waals surface area contributed by atoms with Crippen LogP contribution in [0.3, 0.4) is 0 Å². The van der Waals surface area contributed by atoms with Gasteiger partial charge in [-0.05, 0) is 17.7 Å². The zero-order chi connectivity index (χ0) is 18.3. The monoisotopic (exact) mass is 368 g/mol. The van der Waals surface area contributed by atoms with E-state index in [0.29, 0.717) is 0 Å². The van der Waals surface area contributed by atoms with Crippen molar-refractivity contribution in [1.29, 1.82) is 0 Å². The van der Waals surface area contributed by atoms with E-state index in [1.54, 1.807) is 0 Å². The van der Waals surface area contributed by atoms with Crippen molar-refractivity contribution in [1.82, 2.24) is 19.3 Å². The second kappa shape index (κ2) is 9.51. The van der Waals surface area contributed by atoms with Crippen molar-refractivity contribution < 1.29 is 4.74 Å². The molecule has 0 saturated carbocycles. The Balaban J connectivity index is 1.23. The minimum absolute atomic E-state index is 0.881. The molecule has 0 aliphatic carbocycles. The molecule has 0 radical (unpaired) electrons. The molecule has 0 amide bonds. The molecule has 2 fully saturated rings. The summed E-state index contributed by atoms with van der Waals surface area (Å²) in [6, 6.07) is 15.3. The van der Waals surface area contributed by atoms with Gasteiger partial charge in [0.1, 0.15) is 0 Å². The van der Waals surface area contributed by atoms with Crippen LogP contribution in [0.25, 0.3) is 0 Å². The summed E-state index contributed by atoms with van der Waals surface area (Å²) < 4.78 is 7.88. The van der Waals surface area contributed by atoms with E-state index in [-0.39, 0.29) is 0 Å². The van der Waals surface area contributed by atoms with E-state index in [1.807, 2.05) is 0 Å². The van der Waals surface area contributed by atoms with Crippen LogP contribution >= 0.6 is 0 Å². The Morgan fingerprint density at radius 3 is 2.11 bits per heavy atom. The molecule has 1 aromatic carbocycles. The fourth-order valence-electron chi connectivity index (χ4n) is 4.06. The van der Waals surface area contributed by atoms with Gasteiger partial charge in [0.15, 0.2) is 0 Å². The van der Waals surface area contributed by atoms with Gasteiger partial charge in [0.05, 0.1) is 13.2 Å². The van der Waals surface area contributed by atoms with E-state index in [2.05, 4.69) is 67.9 Å². The summed E-state index contributed by atoms with van der Waals surface area (Å²) in [6.07, 6.45) is 2.24. The van der Waals surface area contributed by atoms with Crippen LogP contribution in [-0.2, 0) is 24.4 Å². The lowest BCUT2D eigenvalue weighted by molar-refractivity contribution is 0.0362. The number of piperazine rings is 1. The maximum absolute atomic E-state index is 5.45. The number of benzene rings is 1. The quantitative estimate of drug-likeness (QED) is 0.747. The molecule has 0 atom stereocenters. The van der Waals surface area contributed by atoms with E-state index >= 15 is 0 Å². The average Bonchev–Trinajstić information content (AvgIpc) is 3.16. The SMILES string of the molecule is c1ccc(CN2CCN(Cc3cccn3CCN3CCOCC3)CC2)cc1. The summed E-state index contributed by atoms with van der Waals surface area (Å²) in [5.41, 5.74) is 2.86. The van der Waals surface area contributed by atoms with Crippen LogP contribution in [0.15, 0.2) is 48.7 Å². The number of aromatic nitrogens is 1. The summed E-state index contributed by atoms with van der Waals surface area (Å²) >= 11 is 0. The van der Waals surface area contributed by atoms with E-state index in [0.717, 1.165) is 78.7 Å². The Morgan fingerprint density at radius 2 is 1.37 bits per heavy atom. The number of ether oxygens (including phenoxy) is 1. The minimum atomic E-state index is 0.881. The predicted octanol–water partition coefficient (Wildman–Crippen LogP) is 2.14. The zero-order valence-electron chi connectivity index (χ0n) is 16.3. The van der Waals surface area contributed by atoms with Crippen LogP contribution in [0.4, 0.5) is 0 Å². The predicted molar refractivity (Wildman–Crippen MR) is 109 cm³/mol. The number of nitrogens with zero attached hydrogens (tertiary/aromatic N) is 4. The lowest BCUT2D eigenvalue weighted by atomic mass is 10.2. The Bertz CT molecular complexity index is 673. The van der Waals surface area contributed by atoms with Crippen molar-refractivity contribution in [2.75, 3.05) is 59.0 Å². The highest BCUT2D eigenvalue weighted by Gasteiger charge is 2.18. The van der Waals surface area contributed by atoms with Gasteiger partial charge in [-0.15, -0.1) is 0 Å². The Hall–Kier alpha value is -1.66. The van der Waals surface area contributed by atoms with Crippen molar-refractivity contribution >= 4 is 0 Å². The van der Waals surface area contributed by atoms with Gasteiger partial charge in [-0.25, -0.2) is 0 Å². The van der Waals surface area contributed by atoms with Crippen molar-refractivity contribution in [3.63, 3.8) is 0 Å². The number of rotatable bonds is 7. The molecular formula is C22H32N4O. The van der Waals surface area contributed by atoms with Crippen molar-refractivity contribution in [3.8, 4) is 0 Å². The third-order valence-electron chi connectivity index (χ3n) is 5.78. The highest BCUT2D eigenvalue weighted by Crippen LogP contribution is 2.12. The third-order valence-corrected chi connectivity index (χ3v) is 5.78. The average molecular weight is 369 g/mol. The molecule has 1 aromatic heterocycles. The highest BCUT2D eigenvalue weighted by atomic mass is 16.5. The van der Waals surface area contributed by atoms with Gasteiger partial charge in [0.25, 0.3) is 0 Å². The normalized spacial score (nSPS) is 20.1. The molecule has 4 rings (SSSR count). The number of hydrogen-bond acceptors (Lipinski definition) is 4. The highest BCUT2D eigenvalue weighted by molar-refractivity contribution is 5.14. The summed E-state index contributed by atoms with van der Waals surface area (Å²) in [7, 11) is 0. The second-order valence-corrected chi connectivity index (χ2v) is 7.68. The number of morpholine rings is 1. The topological polar surface area (TPSA) is 23.9 Å². The molecule has 5 heteroatoms. The van der Waals surface area contributed by atoms with E-state index in [9.17, 15) is 0 Å². The van der Waals surface area contributed by atoms with Crippen LogP contribution in [0.2, 0.25) is 0 Å². The van der Waals surface area contributed by atoms with Crippen LogP contribution < -0.4 is 0 Å². The van der Waals surface area contributed by atoms with Gasteiger partial charge in [0, 0.05) is 77.3 Å². The van der Waals surface area contributed by atoms with Gasteiger partial charge in [-0.2, -0.15) is 0 Å². The third kappa shape index (κ3) is 5.42. The maximum Gasteiger partial charge on any atom is 0.0594 e. The Labute approximate surface area is 163 Å². The fraction of sp³-hybridized carbons (Fsp3) is 0.545. The van der Waals surface area contributed by atoms with Gasteiger partial charge in [-0.1, -0.05) is 30.3 Å². The van der Waals surface area contributed by atoms with E-state index < -0.39 is 0 Å². The zero-order valence-corrected chi connectivity index (χ0v) is 16.3. The largest absolute Gasteiger partial charge is 0.379 e. The fourth-order valence-corrected chi connectivity index (χ4v) is 4.06. The van der Waals surface area contributed by atoms with Gasteiger partial charge >= 0.3 is 0 Å². The van der Waals surface area contributed by atoms with Gasteiger partial charge < -0.3 is 9.30 Å². The molecule has 2 aliphatic heterocycles. The second-order valence-electron chi connectivity index (χ2n) is 7.68. The lowest BCUT2D eigenvalue weighted by Crippen LogP contribution is -2.45. The van der Waals surface area contributed by atoms with Crippen LogP contribution in [0, 0.1) is 0 Å². The minimum Gasteiger partial charge on any atom is -0.379 e. The van der Waals surface area contributed by atoms with Crippen molar-refractivity contribution in [2.45, 2.75) is 19.6 Å². The van der Waals surface area contributed by atoms with Gasteiger partial charge in [-0.3, -0.25) is 14.7 Å². The van der Waals surface area contributed by atoms with Gasteiger partial charge in [0.2, 0.25) is 0 Å². The molecule has 146 valence electrons. The molecule has 0 N–H and O–H groups in total. The van der Waals surface area contributed by atoms with E-state index in [4.69, 9.17) is 4.74 Å². The molecule has 0 spiro atoms. The molecule has 2 aliphatic rings. The molecule has 2 aromatic rings. The Morgan fingerprint density at radius 1 is 0.667 bits per heavy atom. The Kier molecular flexibility index (Phi) is 6.58. The van der Waals surface area contributed by atoms with Crippen molar-refractivity contribution in [2.24, 2.45) is 0 Å². The summed E-state index contributed by atoms with van der Waals surface area (Å²) in [4.78, 5) is 7.68. The maximum atomic E-state index is 5.45. The first-order valence-corrected chi connectivity index (χ1v) is 10.3. The molecular weight excluding hydrogens is 336 g/mol.